The number of rotatable bonds is 6. The first-order valence-electron chi connectivity index (χ1n) is 6.77. The van der Waals surface area contributed by atoms with Crippen LogP contribution in [0.3, 0.4) is 0 Å². The number of nitrogens with zero attached hydrogens (tertiary/aromatic N) is 3. The molecule has 21 heavy (non-hydrogen) atoms. The maximum Gasteiger partial charge on any atom is 0.169 e. The second-order valence-electron chi connectivity index (χ2n) is 4.75. The summed E-state index contributed by atoms with van der Waals surface area (Å²) in [5, 5.41) is 5.00. The third kappa shape index (κ3) is 3.11. The molecule has 0 saturated carbocycles. The summed E-state index contributed by atoms with van der Waals surface area (Å²) in [7, 11) is 1.71. The molecule has 0 spiro atoms. The molecule has 5 nitrogen and oxygen atoms in total. The van der Waals surface area contributed by atoms with E-state index in [1.807, 2.05) is 31.2 Å². The first-order valence-corrected chi connectivity index (χ1v) is 7.75. The van der Waals surface area contributed by atoms with Gasteiger partial charge >= 0.3 is 0 Å². The predicted molar refractivity (Wildman–Crippen MR) is 82.4 cm³/mol. The summed E-state index contributed by atoms with van der Waals surface area (Å²) in [6.07, 6.45) is 0. The number of aromatic nitrogens is 3. The molecule has 0 unspecified atom stereocenters. The first-order chi connectivity index (χ1) is 10.3. The number of benzene rings is 1. The molecule has 2 aromatic heterocycles. The topological polar surface area (TPSA) is 53.1 Å². The van der Waals surface area contributed by atoms with Gasteiger partial charge in [0.25, 0.3) is 0 Å². The molecule has 0 fully saturated rings. The Balaban J connectivity index is 1.85. The minimum atomic E-state index is 0.664. The van der Waals surface area contributed by atoms with E-state index >= 15 is 0 Å². The van der Waals surface area contributed by atoms with Crippen LogP contribution in [0.15, 0.2) is 40.0 Å². The number of aryl methyl sites for hydroxylation is 1. The highest BCUT2D eigenvalue weighted by Gasteiger charge is 2.12. The van der Waals surface area contributed by atoms with Crippen LogP contribution in [-0.2, 0) is 17.0 Å². The summed E-state index contributed by atoms with van der Waals surface area (Å²) in [4.78, 5) is 4.70. The van der Waals surface area contributed by atoms with Crippen LogP contribution in [0.5, 0.6) is 0 Å². The minimum absolute atomic E-state index is 0.664. The predicted octanol–water partition coefficient (Wildman–Crippen LogP) is 3.27. The van der Waals surface area contributed by atoms with Gasteiger partial charge in [-0.25, -0.2) is 4.98 Å². The zero-order valence-corrected chi connectivity index (χ0v) is 12.9. The number of imidazole rings is 1. The second kappa shape index (κ2) is 6.32. The Kier molecular flexibility index (Phi) is 4.26. The van der Waals surface area contributed by atoms with E-state index in [1.54, 1.807) is 18.9 Å². The quantitative estimate of drug-likeness (QED) is 0.654. The van der Waals surface area contributed by atoms with E-state index in [-0.39, 0.29) is 0 Å². The van der Waals surface area contributed by atoms with E-state index in [2.05, 4.69) is 15.8 Å². The third-order valence-electron chi connectivity index (χ3n) is 3.16. The molecule has 0 radical (unpaired) electrons. The molecule has 0 saturated heterocycles. The fourth-order valence-corrected chi connectivity index (χ4v) is 3.11. The summed E-state index contributed by atoms with van der Waals surface area (Å²) in [5.74, 6) is 1.58. The molecule has 0 bridgehead atoms. The van der Waals surface area contributed by atoms with Crippen molar-refractivity contribution in [1.82, 2.24) is 14.7 Å². The van der Waals surface area contributed by atoms with Crippen molar-refractivity contribution in [2.75, 3.05) is 13.7 Å². The first kappa shape index (κ1) is 14.2. The highest BCUT2D eigenvalue weighted by molar-refractivity contribution is 7.98. The number of hydrogen-bond acceptors (Lipinski definition) is 5. The number of para-hydroxylation sites is 2. The Morgan fingerprint density at radius 2 is 2.19 bits per heavy atom. The monoisotopic (exact) mass is 303 g/mol. The van der Waals surface area contributed by atoms with Crippen molar-refractivity contribution in [3.05, 3.63) is 41.8 Å². The molecule has 1 aromatic carbocycles. The van der Waals surface area contributed by atoms with E-state index in [4.69, 9.17) is 14.2 Å². The molecule has 3 rings (SSSR count). The lowest BCUT2D eigenvalue weighted by Crippen LogP contribution is -2.05. The van der Waals surface area contributed by atoms with Crippen LogP contribution in [0.2, 0.25) is 0 Å². The van der Waals surface area contributed by atoms with Crippen molar-refractivity contribution in [2.45, 2.75) is 24.4 Å². The van der Waals surface area contributed by atoms with E-state index < -0.39 is 0 Å². The molecular weight excluding hydrogens is 286 g/mol. The third-order valence-corrected chi connectivity index (χ3v) is 4.17. The van der Waals surface area contributed by atoms with Gasteiger partial charge in [-0.1, -0.05) is 29.1 Å². The zero-order valence-electron chi connectivity index (χ0n) is 12.1. The fraction of sp³-hybridized carbons (Fsp3) is 0.333. The van der Waals surface area contributed by atoms with Crippen molar-refractivity contribution in [2.24, 2.45) is 0 Å². The van der Waals surface area contributed by atoms with Gasteiger partial charge in [-0.2, -0.15) is 0 Å². The smallest absolute Gasteiger partial charge is 0.169 e. The van der Waals surface area contributed by atoms with Crippen LogP contribution < -0.4 is 0 Å². The van der Waals surface area contributed by atoms with Gasteiger partial charge in [-0.05, 0) is 19.1 Å². The Hall–Kier alpha value is -1.79. The lowest BCUT2D eigenvalue weighted by molar-refractivity contribution is 0.186. The minimum Gasteiger partial charge on any atom is -0.383 e. The summed E-state index contributed by atoms with van der Waals surface area (Å²) < 4.78 is 12.5. The van der Waals surface area contributed by atoms with E-state index in [0.29, 0.717) is 6.61 Å². The van der Waals surface area contributed by atoms with Gasteiger partial charge in [-0.15, -0.1) is 0 Å². The SMILES string of the molecule is COCCn1c(SCc2cc(C)on2)nc2ccccc21. The average molecular weight is 303 g/mol. The highest BCUT2D eigenvalue weighted by Crippen LogP contribution is 2.26. The van der Waals surface area contributed by atoms with Crippen molar-refractivity contribution in [3.8, 4) is 0 Å². The van der Waals surface area contributed by atoms with Crippen molar-refractivity contribution in [3.63, 3.8) is 0 Å². The van der Waals surface area contributed by atoms with Crippen molar-refractivity contribution >= 4 is 22.8 Å². The van der Waals surface area contributed by atoms with Gasteiger partial charge < -0.3 is 13.8 Å². The number of ether oxygens (including phenoxy) is 1. The summed E-state index contributed by atoms with van der Waals surface area (Å²) in [6.45, 7) is 3.35. The molecule has 3 aromatic rings. The van der Waals surface area contributed by atoms with Gasteiger partial charge in [-0.3, -0.25) is 0 Å². The second-order valence-corrected chi connectivity index (χ2v) is 5.69. The van der Waals surface area contributed by atoms with Gasteiger partial charge in [0, 0.05) is 25.5 Å². The van der Waals surface area contributed by atoms with Gasteiger partial charge in [0.15, 0.2) is 5.16 Å². The van der Waals surface area contributed by atoms with Crippen LogP contribution >= 0.6 is 11.8 Å². The molecule has 0 aliphatic carbocycles. The molecule has 0 amide bonds. The molecule has 110 valence electrons. The summed E-state index contributed by atoms with van der Waals surface area (Å²) in [6, 6.07) is 10.1. The molecule has 0 atom stereocenters. The van der Waals surface area contributed by atoms with E-state index in [9.17, 15) is 0 Å². The average Bonchev–Trinajstić information content (AvgIpc) is 3.06. The Bertz CT molecular complexity index is 735. The number of thioether (sulfide) groups is 1. The van der Waals surface area contributed by atoms with Gasteiger partial charge in [0.2, 0.25) is 0 Å². The summed E-state index contributed by atoms with van der Waals surface area (Å²) >= 11 is 1.66. The van der Waals surface area contributed by atoms with E-state index in [1.165, 1.54) is 0 Å². The Morgan fingerprint density at radius 1 is 1.33 bits per heavy atom. The van der Waals surface area contributed by atoms with Crippen LogP contribution in [0.4, 0.5) is 0 Å². The van der Waals surface area contributed by atoms with Crippen LogP contribution in [0, 0.1) is 6.92 Å². The van der Waals surface area contributed by atoms with E-state index in [0.717, 1.165) is 39.9 Å². The van der Waals surface area contributed by atoms with Crippen LogP contribution in [-0.4, -0.2) is 28.4 Å². The number of fused-ring (bicyclic) bond motifs is 1. The number of hydrogen-bond donors (Lipinski definition) is 0. The Morgan fingerprint density at radius 3 is 2.95 bits per heavy atom. The maximum absolute atomic E-state index is 5.20. The van der Waals surface area contributed by atoms with Crippen molar-refractivity contribution < 1.29 is 9.26 Å². The summed E-state index contributed by atoms with van der Waals surface area (Å²) in [5.41, 5.74) is 3.07. The van der Waals surface area contributed by atoms with Gasteiger partial charge in [0.1, 0.15) is 5.76 Å². The molecular formula is C15H17N3O2S. The standard InChI is InChI=1S/C15H17N3O2S/c1-11-9-12(17-20-11)10-21-15-16-13-5-3-4-6-14(13)18(15)7-8-19-2/h3-6,9H,7-8,10H2,1-2H3. The number of methoxy groups -OCH3 is 1. The zero-order chi connectivity index (χ0) is 14.7. The molecule has 6 heteroatoms. The lowest BCUT2D eigenvalue weighted by atomic mass is 10.3. The Labute approximate surface area is 127 Å². The molecule has 0 N–H and O–H groups in total. The lowest BCUT2D eigenvalue weighted by Gasteiger charge is -2.07. The normalized spacial score (nSPS) is 11.3. The van der Waals surface area contributed by atoms with Crippen LogP contribution in [0.1, 0.15) is 11.5 Å². The molecule has 0 aliphatic rings. The van der Waals surface area contributed by atoms with Gasteiger partial charge in [0.05, 0.1) is 23.3 Å². The fourth-order valence-electron chi connectivity index (χ4n) is 2.19. The molecule has 0 aliphatic heterocycles. The highest BCUT2D eigenvalue weighted by atomic mass is 32.2. The maximum atomic E-state index is 5.20. The largest absolute Gasteiger partial charge is 0.383 e. The molecule has 2 heterocycles. The van der Waals surface area contributed by atoms with Crippen LogP contribution in [0.25, 0.3) is 11.0 Å². The van der Waals surface area contributed by atoms with Crippen molar-refractivity contribution in [1.29, 1.82) is 0 Å².